The van der Waals surface area contributed by atoms with Crippen molar-refractivity contribution < 1.29 is 9.53 Å². The van der Waals surface area contributed by atoms with Crippen LogP contribution in [0.15, 0.2) is 29.1 Å². The SMILES string of the molecule is CC(C)Cn1c(=O)c(N2CCC(NC(=O)NCC3CCCO3)CC2)nc2ccccc21. The summed E-state index contributed by atoms with van der Waals surface area (Å²) in [5, 5.41) is 5.98. The lowest BCUT2D eigenvalue weighted by Gasteiger charge is -2.33. The fourth-order valence-corrected chi connectivity index (χ4v) is 4.42. The molecule has 0 spiro atoms. The topological polar surface area (TPSA) is 88.5 Å². The van der Waals surface area contributed by atoms with Gasteiger partial charge in [-0.15, -0.1) is 0 Å². The van der Waals surface area contributed by atoms with Gasteiger partial charge in [-0.2, -0.15) is 0 Å². The predicted molar refractivity (Wildman–Crippen MR) is 122 cm³/mol. The lowest BCUT2D eigenvalue weighted by atomic mass is 10.1. The Morgan fingerprint density at radius 1 is 1.23 bits per heavy atom. The van der Waals surface area contributed by atoms with Crippen LogP contribution in [0.2, 0.25) is 0 Å². The molecule has 1 atom stereocenters. The second-order valence-electron chi connectivity index (χ2n) is 8.98. The molecule has 2 aromatic rings. The molecule has 1 aromatic heterocycles. The van der Waals surface area contributed by atoms with Crippen molar-refractivity contribution in [1.82, 2.24) is 20.2 Å². The summed E-state index contributed by atoms with van der Waals surface area (Å²) in [6, 6.07) is 7.77. The third-order valence-electron chi connectivity index (χ3n) is 6.03. The summed E-state index contributed by atoms with van der Waals surface area (Å²) in [5.41, 5.74) is 1.68. The number of ether oxygens (including phenoxy) is 1. The third kappa shape index (κ3) is 5.18. The highest BCUT2D eigenvalue weighted by molar-refractivity contribution is 5.76. The molecule has 0 saturated carbocycles. The van der Waals surface area contributed by atoms with Gasteiger partial charge in [-0.05, 0) is 43.7 Å². The molecular weight excluding hydrogens is 394 g/mol. The molecule has 2 amide bonds. The quantitative estimate of drug-likeness (QED) is 0.740. The van der Waals surface area contributed by atoms with Crippen LogP contribution in [0.5, 0.6) is 0 Å². The van der Waals surface area contributed by atoms with Crippen molar-refractivity contribution in [2.45, 2.75) is 58.2 Å². The van der Waals surface area contributed by atoms with E-state index in [2.05, 4.69) is 29.4 Å². The molecule has 0 aliphatic carbocycles. The molecule has 1 unspecified atom stereocenters. The Labute approximate surface area is 183 Å². The summed E-state index contributed by atoms with van der Waals surface area (Å²) in [5.74, 6) is 0.875. The third-order valence-corrected chi connectivity index (χ3v) is 6.03. The maximum Gasteiger partial charge on any atom is 0.315 e. The van der Waals surface area contributed by atoms with Crippen molar-refractivity contribution >= 4 is 22.9 Å². The average Bonchev–Trinajstić information content (AvgIpc) is 3.28. The lowest BCUT2D eigenvalue weighted by molar-refractivity contribution is 0.111. The number of hydrogen-bond acceptors (Lipinski definition) is 5. The number of benzene rings is 1. The first-order valence-corrected chi connectivity index (χ1v) is 11.4. The van der Waals surface area contributed by atoms with Crippen LogP contribution in [0.4, 0.5) is 10.6 Å². The van der Waals surface area contributed by atoms with Crippen LogP contribution in [-0.4, -0.2) is 54.0 Å². The molecule has 0 radical (unpaired) electrons. The zero-order chi connectivity index (χ0) is 21.8. The van der Waals surface area contributed by atoms with E-state index in [4.69, 9.17) is 9.72 Å². The van der Waals surface area contributed by atoms with Crippen molar-refractivity contribution in [2.75, 3.05) is 31.1 Å². The van der Waals surface area contributed by atoms with Gasteiger partial charge in [0, 0.05) is 38.8 Å². The van der Waals surface area contributed by atoms with Crippen LogP contribution in [0.25, 0.3) is 11.0 Å². The monoisotopic (exact) mass is 427 g/mol. The number of aromatic nitrogens is 2. The summed E-state index contributed by atoms with van der Waals surface area (Å²) in [6.45, 7) is 7.62. The van der Waals surface area contributed by atoms with E-state index >= 15 is 0 Å². The first kappa shape index (κ1) is 21.6. The number of carbonyl (C=O) groups excluding carboxylic acids is 1. The predicted octanol–water partition coefficient (Wildman–Crippen LogP) is 2.50. The number of rotatable bonds is 6. The maximum atomic E-state index is 13.3. The lowest BCUT2D eigenvalue weighted by Crippen LogP contribution is -2.50. The summed E-state index contributed by atoms with van der Waals surface area (Å²) < 4.78 is 7.40. The van der Waals surface area contributed by atoms with E-state index in [1.54, 1.807) is 0 Å². The molecule has 2 aliphatic heterocycles. The van der Waals surface area contributed by atoms with Crippen LogP contribution in [0.1, 0.15) is 39.5 Å². The van der Waals surface area contributed by atoms with E-state index < -0.39 is 0 Å². The van der Waals surface area contributed by atoms with Gasteiger partial charge >= 0.3 is 6.03 Å². The number of para-hydroxylation sites is 2. The minimum absolute atomic E-state index is 0.0342. The first-order valence-electron chi connectivity index (χ1n) is 11.4. The molecule has 2 aliphatic rings. The highest BCUT2D eigenvalue weighted by atomic mass is 16.5. The number of anilines is 1. The number of hydrogen-bond donors (Lipinski definition) is 2. The minimum atomic E-state index is -0.142. The zero-order valence-electron chi connectivity index (χ0n) is 18.5. The van der Waals surface area contributed by atoms with Gasteiger partial charge in [0.25, 0.3) is 5.56 Å². The van der Waals surface area contributed by atoms with E-state index in [0.717, 1.165) is 43.3 Å². The Hall–Kier alpha value is -2.61. The van der Waals surface area contributed by atoms with Crippen LogP contribution < -0.4 is 21.1 Å². The van der Waals surface area contributed by atoms with Gasteiger partial charge in [0.15, 0.2) is 5.82 Å². The van der Waals surface area contributed by atoms with E-state index in [-0.39, 0.29) is 23.7 Å². The second-order valence-corrected chi connectivity index (χ2v) is 8.98. The molecule has 31 heavy (non-hydrogen) atoms. The molecule has 0 bridgehead atoms. The Kier molecular flexibility index (Phi) is 6.75. The highest BCUT2D eigenvalue weighted by Gasteiger charge is 2.25. The van der Waals surface area contributed by atoms with Crippen molar-refractivity contribution in [3.8, 4) is 0 Å². The van der Waals surface area contributed by atoms with E-state index in [1.165, 1.54) is 0 Å². The molecule has 4 rings (SSSR count). The highest BCUT2D eigenvalue weighted by Crippen LogP contribution is 2.19. The second kappa shape index (κ2) is 9.68. The smallest absolute Gasteiger partial charge is 0.315 e. The van der Waals surface area contributed by atoms with Gasteiger partial charge in [0.05, 0.1) is 17.1 Å². The van der Waals surface area contributed by atoms with Gasteiger partial charge in [0.2, 0.25) is 0 Å². The van der Waals surface area contributed by atoms with Crippen molar-refractivity contribution in [2.24, 2.45) is 5.92 Å². The largest absolute Gasteiger partial charge is 0.376 e. The Bertz CT molecular complexity index is 959. The number of carbonyl (C=O) groups is 1. The molecule has 8 nitrogen and oxygen atoms in total. The number of fused-ring (bicyclic) bond motifs is 1. The summed E-state index contributed by atoms with van der Waals surface area (Å²) in [6.07, 6.45) is 3.77. The van der Waals surface area contributed by atoms with Crippen molar-refractivity contribution in [1.29, 1.82) is 0 Å². The Balaban J connectivity index is 1.39. The number of piperidine rings is 1. The van der Waals surface area contributed by atoms with E-state index in [9.17, 15) is 9.59 Å². The number of amides is 2. The summed E-state index contributed by atoms with van der Waals surface area (Å²) in [7, 11) is 0. The van der Waals surface area contributed by atoms with Crippen molar-refractivity contribution in [3.63, 3.8) is 0 Å². The van der Waals surface area contributed by atoms with Crippen LogP contribution in [0, 0.1) is 5.92 Å². The fourth-order valence-electron chi connectivity index (χ4n) is 4.42. The van der Waals surface area contributed by atoms with Crippen LogP contribution in [0.3, 0.4) is 0 Å². The van der Waals surface area contributed by atoms with Crippen LogP contribution in [-0.2, 0) is 11.3 Å². The molecule has 2 N–H and O–H groups in total. The molecule has 3 heterocycles. The van der Waals surface area contributed by atoms with Crippen LogP contribution >= 0.6 is 0 Å². The number of urea groups is 1. The average molecular weight is 428 g/mol. The van der Waals surface area contributed by atoms with Gasteiger partial charge in [0.1, 0.15) is 0 Å². The summed E-state index contributed by atoms with van der Waals surface area (Å²) >= 11 is 0. The molecule has 1 aromatic carbocycles. The standard InChI is InChI=1S/C23H33N5O3/c1-16(2)15-28-20-8-4-3-7-19(20)26-21(22(28)29)27-11-9-17(10-12-27)25-23(30)24-14-18-6-5-13-31-18/h3-4,7-8,16-18H,5-6,9-15H2,1-2H3,(H2,24,25,30). The number of nitrogens with zero attached hydrogens (tertiary/aromatic N) is 3. The molecule has 168 valence electrons. The summed E-state index contributed by atoms with van der Waals surface area (Å²) in [4.78, 5) is 32.2. The van der Waals surface area contributed by atoms with E-state index in [0.29, 0.717) is 37.9 Å². The molecular formula is C23H33N5O3. The van der Waals surface area contributed by atoms with Gasteiger partial charge in [-0.25, -0.2) is 9.78 Å². The first-order chi connectivity index (χ1) is 15.0. The van der Waals surface area contributed by atoms with Crippen molar-refractivity contribution in [3.05, 3.63) is 34.6 Å². The zero-order valence-corrected chi connectivity index (χ0v) is 18.5. The van der Waals surface area contributed by atoms with Gasteiger partial charge in [-0.1, -0.05) is 26.0 Å². The molecule has 2 saturated heterocycles. The molecule has 8 heteroatoms. The maximum absolute atomic E-state index is 13.3. The Morgan fingerprint density at radius 2 is 2.00 bits per heavy atom. The van der Waals surface area contributed by atoms with Gasteiger partial charge in [-0.3, -0.25) is 4.79 Å². The number of nitrogens with one attached hydrogen (secondary N) is 2. The minimum Gasteiger partial charge on any atom is -0.376 e. The fraction of sp³-hybridized carbons (Fsp3) is 0.609. The Morgan fingerprint density at radius 3 is 2.71 bits per heavy atom. The normalized spacial score (nSPS) is 19.8. The molecule has 2 fully saturated rings. The van der Waals surface area contributed by atoms with Gasteiger partial charge < -0.3 is 24.8 Å². The van der Waals surface area contributed by atoms with E-state index in [1.807, 2.05) is 28.8 Å².